The Kier molecular flexibility index (Phi) is 5.63. The predicted octanol–water partition coefficient (Wildman–Crippen LogP) is 1.39. The van der Waals surface area contributed by atoms with Crippen LogP contribution in [0.1, 0.15) is 46.0 Å². The second kappa shape index (κ2) is 7.07. The highest BCUT2D eigenvalue weighted by Crippen LogP contribution is 2.25. The van der Waals surface area contributed by atoms with Crippen molar-refractivity contribution in [3.05, 3.63) is 0 Å². The van der Waals surface area contributed by atoms with Gasteiger partial charge < -0.3 is 10.4 Å². The number of hydrogen-bond acceptors (Lipinski definition) is 4. The van der Waals surface area contributed by atoms with Gasteiger partial charge in [-0.2, -0.15) is 0 Å². The van der Waals surface area contributed by atoms with Crippen molar-refractivity contribution in [3.8, 4) is 0 Å². The summed E-state index contributed by atoms with van der Waals surface area (Å²) < 4.78 is 0. The highest BCUT2D eigenvalue weighted by Gasteiger charge is 2.36. The largest absolute Gasteiger partial charge is 0.480 e. The van der Waals surface area contributed by atoms with E-state index in [0.29, 0.717) is 18.9 Å². The molecule has 2 heterocycles. The highest BCUT2D eigenvalue weighted by atomic mass is 16.4. The molecule has 0 saturated carbocycles. The van der Waals surface area contributed by atoms with E-state index in [1.807, 2.05) is 6.92 Å². The molecule has 2 saturated heterocycles. The summed E-state index contributed by atoms with van der Waals surface area (Å²) in [6.45, 7) is 8.87. The topological polar surface area (TPSA) is 55.8 Å². The van der Waals surface area contributed by atoms with E-state index in [2.05, 4.69) is 22.0 Å². The normalized spacial score (nSPS) is 30.0. The maximum absolute atomic E-state index is 11.5. The van der Waals surface area contributed by atoms with Gasteiger partial charge in [0.15, 0.2) is 0 Å². The minimum atomic E-state index is -0.752. The number of hydrogen-bond donors (Lipinski definition) is 2. The molecule has 2 aliphatic rings. The summed E-state index contributed by atoms with van der Waals surface area (Å²) in [6, 6.07) is 1.33. The van der Waals surface area contributed by atoms with Gasteiger partial charge in [0.2, 0.25) is 0 Å². The van der Waals surface area contributed by atoms with Crippen LogP contribution >= 0.6 is 0 Å². The molecule has 3 atom stereocenters. The van der Waals surface area contributed by atoms with Gasteiger partial charge in [-0.1, -0.05) is 6.92 Å². The summed E-state index contributed by atoms with van der Waals surface area (Å²) >= 11 is 0. The van der Waals surface area contributed by atoms with E-state index in [1.54, 1.807) is 7.05 Å². The van der Waals surface area contributed by atoms with Crippen molar-refractivity contribution in [2.45, 2.75) is 63.6 Å². The number of rotatable bonds is 7. The number of nitrogens with one attached hydrogen (secondary N) is 1. The molecule has 2 fully saturated rings. The number of likely N-dealkylation sites (N-methyl/N-ethyl adjacent to an activating group) is 1. The summed E-state index contributed by atoms with van der Waals surface area (Å²) in [4.78, 5) is 16.7. The molecule has 0 spiro atoms. The first-order chi connectivity index (χ1) is 10.0. The Morgan fingerprint density at radius 1 is 1.43 bits per heavy atom. The Labute approximate surface area is 128 Å². The number of carboxylic acids is 1. The van der Waals surface area contributed by atoms with Gasteiger partial charge in [0.1, 0.15) is 5.54 Å². The van der Waals surface area contributed by atoms with Gasteiger partial charge in [-0.3, -0.25) is 14.6 Å². The quantitative estimate of drug-likeness (QED) is 0.744. The van der Waals surface area contributed by atoms with Gasteiger partial charge in [-0.15, -0.1) is 0 Å². The zero-order valence-electron chi connectivity index (χ0n) is 13.8. The number of carboxylic acid groups (broad SMARTS) is 1. The Balaban J connectivity index is 1.83. The third kappa shape index (κ3) is 3.58. The molecule has 2 rings (SSSR count). The van der Waals surface area contributed by atoms with Crippen LogP contribution in [0.15, 0.2) is 0 Å². The highest BCUT2D eigenvalue weighted by molar-refractivity contribution is 5.78. The number of carbonyl (C=O) groups is 1. The summed E-state index contributed by atoms with van der Waals surface area (Å²) in [5, 5.41) is 12.5. The van der Waals surface area contributed by atoms with Crippen molar-refractivity contribution >= 4 is 5.97 Å². The van der Waals surface area contributed by atoms with Crippen LogP contribution in [0, 0.1) is 0 Å². The first-order valence-electron chi connectivity index (χ1n) is 8.43. The van der Waals surface area contributed by atoms with Crippen LogP contribution in [-0.2, 0) is 4.79 Å². The lowest BCUT2D eigenvalue weighted by atomic mass is 9.90. The molecule has 5 nitrogen and oxygen atoms in total. The first-order valence-corrected chi connectivity index (χ1v) is 8.43. The SMILES string of the molecule is CCC(CCCN1CC2CCCN2CC1C)(NC)C(=O)O. The molecule has 0 bridgehead atoms. The first kappa shape index (κ1) is 16.7. The van der Waals surface area contributed by atoms with Gasteiger partial charge in [-0.25, -0.2) is 0 Å². The van der Waals surface area contributed by atoms with E-state index in [0.717, 1.165) is 25.6 Å². The molecule has 0 aromatic carbocycles. The predicted molar refractivity (Wildman–Crippen MR) is 84.6 cm³/mol. The van der Waals surface area contributed by atoms with Crippen LogP contribution in [0.3, 0.4) is 0 Å². The Morgan fingerprint density at radius 3 is 2.81 bits per heavy atom. The third-order valence-electron chi connectivity index (χ3n) is 5.61. The second-order valence-corrected chi connectivity index (χ2v) is 6.73. The van der Waals surface area contributed by atoms with E-state index >= 15 is 0 Å². The maximum atomic E-state index is 11.5. The molecule has 0 amide bonds. The smallest absolute Gasteiger partial charge is 0.323 e. The van der Waals surface area contributed by atoms with Gasteiger partial charge in [0, 0.05) is 25.2 Å². The fourth-order valence-electron chi connectivity index (χ4n) is 3.99. The van der Waals surface area contributed by atoms with Gasteiger partial charge in [-0.05, 0) is 59.2 Å². The Bertz CT molecular complexity index is 357. The number of nitrogens with zero attached hydrogens (tertiary/aromatic N) is 2. The summed E-state index contributed by atoms with van der Waals surface area (Å²) in [6.07, 6.45) is 4.94. The zero-order chi connectivity index (χ0) is 15.5. The third-order valence-corrected chi connectivity index (χ3v) is 5.61. The van der Waals surface area contributed by atoms with Crippen molar-refractivity contribution in [2.24, 2.45) is 0 Å². The fraction of sp³-hybridized carbons (Fsp3) is 0.938. The lowest BCUT2D eigenvalue weighted by Crippen LogP contribution is -2.55. The van der Waals surface area contributed by atoms with Crippen LogP contribution in [0.4, 0.5) is 0 Å². The molecule has 3 unspecified atom stereocenters. The molecule has 122 valence electrons. The van der Waals surface area contributed by atoms with Gasteiger partial charge in [0.25, 0.3) is 0 Å². The fourth-order valence-corrected chi connectivity index (χ4v) is 3.99. The second-order valence-electron chi connectivity index (χ2n) is 6.73. The van der Waals surface area contributed by atoms with Crippen LogP contribution in [-0.4, -0.2) is 71.7 Å². The van der Waals surface area contributed by atoms with E-state index in [4.69, 9.17) is 0 Å². The van der Waals surface area contributed by atoms with E-state index in [-0.39, 0.29) is 0 Å². The lowest BCUT2D eigenvalue weighted by Gasteiger charge is -2.42. The lowest BCUT2D eigenvalue weighted by molar-refractivity contribution is -0.145. The minimum Gasteiger partial charge on any atom is -0.480 e. The van der Waals surface area contributed by atoms with E-state index in [9.17, 15) is 9.90 Å². The molecule has 0 aromatic rings. The molecule has 5 heteroatoms. The molecule has 0 aromatic heterocycles. The van der Waals surface area contributed by atoms with Crippen molar-refractivity contribution in [1.29, 1.82) is 0 Å². The molecule has 2 aliphatic heterocycles. The molecule has 0 radical (unpaired) electrons. The number of aliphatic carboxylic acids is 1. The number of piperazine rings is 1. The molecular weight excluding hydrogens is 266 g/mol. The maximum Gasteiger partial charge on any atom is 0.323 e. The molecule has 21 heavy (non-hydrogen) atoms. The van der Waals surface area contributed by atoms with E-state index < -0.39 is 11.5 Å². The molecule has 0 aliphatic carbocycles. The molecular formula is C16H31N3O2. The zero-order valence-corrected chi connectivity index (χ0v) is 13.8. The molecule has 2 N–H and O–H groups in total. The summed E-state index contributed by atoms with van der Waals surface area (Å²) in [5.74, 6) is -0.721. The van der Waals surface area contributed by atoms with E-state index in [1.165, 1.54) is 25.9 Å². The average molecular weight is 297 g/mol. The van der Waals surface area contributed by atoms with Gasteiger partial charge in [0.05, 0.1) is 0 Å². The van der Waals surface area contributed by atoms with Crippen molar-refractivity contribution in [1.82, 2.24) is 15.1 Å². The Hall–Kier alpha value is -0.650. The minimum absolute atomic E-state index is 0.592. The average Bonchev–Trinajstić information content (AvgIpc) is 2.90. The van der Waals surface area contributed by atoms with Crippen molar-refractivity contribution < 1.29 is 9.90 Å². The van der Waals surface area contributed by atoms with Crippen LogP contribution in [0.2, 0.25) is 0 Å². The summed E-state index contributed by atoms with van der Waals surface area (Å²) in [5.41, 5.74) is -0.752. The van der Waals surface area contributed by atoms with Gasteiger partial charge >= 0.3 is 5.97 Å². The standard InChI is InChI=1S/C16H31N3O2/c1-4-16(17-3,15(20)21)8-6-10-18-12-14-7-5-9-19(14)11-13(18)2/h13-14,17H,4-12H2,1-3H3,(H,20,21). The number of fused-ring (bicyclic) bond motifs is 1. The van der Waals surface area contributed by atoms with Crippen molar-refractivity contribution in [2.75, 3.05) is 33.2 Å². The van der Waals surface area contributed by atoms with Crippen LogP contribution < -0.4 is 5.32 Å². The Morgan fingerprint density at radius 2 is 2.19 bits per heavy atom. The van der Waals surface area contributed by atoms with Crippen LogP contribution in [0.25, 0.3) is 0 Å². The summed E-state index contributed by atoms with van der Waals surface area (Å²) in [7, 11) is 1.76. The van der Waals surface area contributed by atoms with Crippen LogP contribution in [0.5, 0.6) is 0 Å². The monoisotopic (exact) mass is 297 g/mol. The van der Waals surface area contributed by atoms with Crippen molar-refractivity contribution in [3.63, 3.8) is 0 Å².